The molecular formula is C22H28N2O. The second kappa shape index (κ2) is 8.03. The molecule has 0 bridgehead atoms. The summed E-state index contributed by atoms with van der Waals surface area (Å²) in [6.07, 6.45) is 4.11. The molecule has 0 spiro atoms. The summed E-state index contributed by atoms with van der Waals surface area (Å²) in [7, 11) is 0. The highest BCUT2D eigenvalue weighted by Gasteiger charge is 2.30. The number of hydrogen-bond donors (Lipinski definition) is 1. The van der Waals surface area contributed by atoms with Gasteiger partial charge in [0.15, 0.2) is 0 Å². The van der Waals surface area contributed by atoms with Crippen LogP contribution in [0.5, 0.6) is 5.75 Å². The normalized spacial score (nSPS) is 19.5. The molecule has 1 aliphatic carbocycles. The predicted molar refractivity (Wildman–Crippen MR) is 102 cm³/mol. The average Bonchev–Trinajstić information content (AvgIpc) is 3.50. The molecule has 0 unspecified atom stereocenters. The van der Waals surface area contributed by atoms with E-state index in [-0.39, 0.29) is 0 Å². The van der Waals surface area contributed by atoms with Crippen molar-refractivity contribution in [2.24, 2.45) is 5.92 Å². The number of piperazine rings is 1. The number of ether oxygens (including phenoxy) is 1. The Morgan fingerprint density at radius 3 is 2.56 bits per heavy atom. The van der Waals surface area contributed by atoms with Crippen molar-refractivity contribution < 1.29 is 4.74 Å². The van der Waals surface area contributed by atoms with Gasteiger partial charge in [0, 0.05) is 32.2 Å². The third kappa shape index (κ3) is 4.62. The lowest BCUT2D eigenvalue weighted by Gasteiger charge is -2.35. The Morgan fingerprint density at radius 1 is 1.00 bits per heavy atom. The standard InChI is InChI=1S/C22H28N2O/c1-2-5-19(6-3-1)17-25-21-8-4-7-20(16-21)22(15-18-9-10-18)24-13-11-23-12-14-24/h1-8,16,18,22-23H,9-15,17H2/t22-/m1/s1. The summed E-state index contributed by atoms with van der Waals surface area (Å²) in [5, 5.41) is 3.47. The van der Waals surface area contributed by atoms with Crippen molar-refractivity contribution in [2.75, 3.05) is 26.2 Å². The maximum absolute atomic E-state index is 6.06. The van der Waals surface area contributed by atoms with E-state index in [0.717, 1.165) is 37.8 Å². The Labute approximate surface area is 151 Å². The molecule has 1 saturated carbocycles. The maximum atomic E-state index is 6.06. The zero-order valence-corrected chi connectivity index (χ0v) is 14.9. The number of benzene rings is 2. The van der Waals surface area contributed by atoms with E-state index in [0.29, 0.717) is 12.6 Å². The molecule has 25 heavy (non-hydrogen) atoms. The smallest absolute Gasteiger partial charge is 0.120 e. The summed E-state index contributed by atoms with van der Waals surface area (Å²) in [5.74, 6) is 1.91. The van der Waals surface area contributed by atoms with Crippen LogP contribution in [0.2, 0.25) is 0 Å². The molecule has 0 radical (unpaired) electrons. The second-order valence-electron chi connectivity index (χ2n) is 7.33. The molecule has 1 N–H and O–H groups in total. The molecule has 1 heterocycles. The van der Waals surface area contributed by atoms with E-state index in [4.69, 9.17) is 4.74 Å². The molecule has 0 aromatic heterocycles. The molecule has 2 aromatic carbocycles. The molecule has 4 rings (SSSR count). The van der Waals surface area contributed by atoms with Gasteiger partial charge in [-0.2, -0.15) is 0 Å². The minimum atomic E-state index is 0.537. The lowest BCUT2D eigenvalue weighted by atomic mass is 9.98. The topological polar surface area (TPSA) is 24.5 Å². The molecule has 2 aliphatic rings. The molecule has 3 heteroatoms. The van der Waals surface area contributed by atoms with E-state index in [9.17, 15) is 0 Å². The number of nitrogens with one attached hydrogen (secondary N) is 1. The van der Waals surface area contributed by atoms with Crippen molar-refractivity contribution in [3.63, 3.8) is 0 Å². The number of nitrogens with zero attached hydrogens (tertiary/aromatic N) is 1. The van der Waals surface area contributed by atoms with Crippen LogP contribution in [0.25, 0.3) is 0 Å². The minimum Gasteiger partial charge on any atom is -0.489 e. The van der Waals surface area contributed by atoms with Crippen LogP contribution in [-0.4, -0.2) is 31.1 Å². The fraction of sp³-hybridized carbons (Fsp3) is 0.455. The largest absolute Gasteiger partial charge is 0.489 e. The maximum Gasteiger partial charge on any atom is 0.120 e. The van der Waals surface area contributed by atoms with Gasteiger partial charge in [-0.3, -0.25) is 4.90 Å². The Kier molecular flexibility index (Phi) is 5.34. The molecule has 2 aromatic rings. The van der Waals surface area contributed by atoms with Gasteiger partial charge in [0.2, 0.25) is 0 Å². The number of rotatable bonds is 7. The SMILES string of the molecule is c1ccc(COc2cccc([C@@H](CC3CC3)N3CCNCC3)c2)cc1. The van der Waals surface area contributed by atoms with Gasteiger partial charge >= 0.3 is 0 Å². The third-order valence-corrected chi connectivity index (χ3v) is 5.34. The molecule has 1 saturated heterocycles. The van der Waals surface area contributed by atoms with Crippen molar-refractivity contribution >= 4 is 0 Å². The van der Waals surface area contributed by atoms with E-state index in [1.165, 1.54) is 30.4 Å². The highest BCUT2D eigenvalue weighted by molar-refractivity contribution is 5.31. The molecular weight excluding hydrogens is 308 g/mol. The molecule has 132 valence electrons. The quantitative estimate of drug-likeness (QED) is 0.827. The van der Waals surface area contributed by atoms with Crippen molar-refractivity contribution in [1.29, 1.82) is 0 Å². The van der Waals surface area contributed by atoms with E-state index < -0.39 is 0 Å². The van der Waals surface area contributed by atoms with E-state index >= 15 is 0 Å². The van der Waals surface area contributed by atoms with Crippen LogP contribution in [0.4, 0.5) is 0 Å². The fourth-order valence-corrected chi connectivity index (χ4v) is 3.71. The number of hydrogen-bond acceptors (Lipinski definition) is 3. The van der Waals surface area contributed by atoms with E-state index in [2.05, 4.69) is 58.7 Å². The second-order valence-corrected chi connectivity index (χ2v) is 7.33. The van der Waals surface area contributed by atoms with Crippen LogP contribution in [0.15, 0.2) is 54.6 Å². The van der Waals surface area contributed by atoms with Crippen molar-refractivity contribution in [3.8, 4) is 5.75 Å². The van der Waals surface area contributed by atoms with Crippen molar-refractivity contribution in [1.82, 2.24) is 10.2 Å². The monoisotopic (exact) mass is 336 g/mol. The Bertz CT molecular complexity index is 663. The van der Waals surface area contributed by atoms with Gasteiger partial charge < -0.3 is 10.1 Å². The van der Waals surface area contributed by atoms with Gasteiger partial charge in [-0.15, -0.1) is 0 Å². The first-order chi connectivity index (χ1) is 12.4. The first-order valence-electron chi connectivity index (χ1n) is 9.60. The van der Waals surface area contributed by atoms with E-state index in [1.54, 1.807) is 0 Å². The van der Waals surface area contributed by atoms with Crippen LogP contribution in [0.3, 0.4) is 0 Å². The molecule has 0 amide bonds. The van der Waals surface area contributed by atoms with Crippen LogP contribution >= 0.6 is 0 Å². The third-order valence-electron chi connectivity index (χ3n) is 5.34. The zero-order valence-electron chi connectivity index (χ0n) is 14.9. The highest BCUT2D eigenvalue weighted by atomic mass is 16.5. The van der Waals surface area contributed by atoms with Crippen molar-refractivity contribution in [2.45, 2.75) is 31.9 Å². The summed E-state index contributed by atoms with van der Waals surface area (Å²) in [4.78, 5) is 2.66. The highest BCUT2D eigenvalue weighted by Crippen LogP contribution is 2.40. The Hall–Kier alpha value is -1.84. The average molecular weight is 336 g/mol. The lowest BCUT2D eigenvalue weighted by Crippen LogP contribution is -2.45. The molecule has 2 fully saturated rings. The summed E-state index contributed by atoms with van der Waals surface area (Å²) in [5.41, 5.74) is 2.63. The summed E-state index contributed by atoms with van der Waals surface area (Å²) in [6, 6.07) is 19.7. The van der Waals surface area contributed by atoms with Crippen LogP contribution in [0, 0.1) is 5.92 Å². The van der Waals surface area contributed by atoms with Crippen LogP contribution in [-0.2, 0) is 6.61 Å². The minimum absolute atomic E-state index is 0.537. The Balaban J connectivity index is 1.47. The van der Waals surface area contributed by atoms with Crippen molar-refractivity contribution in [3.05, 3.63) is 65.7 Å². The first kappa shape index (κ1) is 16.6. The van der Waals surface area contributed by atoms with E-state index in [1.807, 2.05) is 6.07 Å². The Morgan fingerprint density at radius 2 is 1.80 bits per heavy atom. The van der Waals surface area contributed by atoms with Crippen LogP contribution in [0.1, 0.15) is 36.4 Å². The molecule has 1 atom stereocenters. The molecule has 1 aliphatic heterocycles. The first-order valence-corrected chi connectivity index (χ1v) is 9.60. The van der Waals surface area contributed by atoms with Gasteiger partial charge in [-0.05, 0) is 35.6 Å². The zero-order chi connectivity index (χ0) is 16.9. The van der Waals surface area contributed by atoms with Gasteiger partial charge in [-0.25, -0.2) is 0 Å². The summed E-state index contributed by atoms with van der Waals surface area (Å²) >= 11 is 0. The van der Waals surface area contributed by atoms with Gasteiger partial charge in [0.05, 0.1) is 0 Å². The van der Waals surface area contributed by atoms with Crippen LogP contribution < -0.4 is 10.1 Å². The van der Waals surface area contributed by atoms with Gasteiger partial charge in [0.25, 0.3) is 0 Å². The molecule has 3 nitrogen and oxygen atoms in total. The summed E-state index contributed by atoms with van der Waals surface area (Å²) < 4.78 is 6.06. The predicted octanol–water partition coefficient (Wildman–Crippen LogP) is 4.01. The van der Waals surface area contributed by atoms with Gasteiger partial charge in [0.1, 0.15) is 12.4 Å². The van der Waals surface area contributed by atoms with Gasteiger partial charge in [-0.1, -0.05) is 55.3 Å². The fourth-order valence-electron chi connectivity index (χ4n) is 3.71. The summed E-state index contributed by atoms with van der Waals surface area (Å²) in [6.45, 7) is 5.13. The lowest BCUT2D eigenvalue weighted by molar-refractivity contribution is 0.160.